The molecule has 0 aliphatic heterocycles. The maximum Gasteiger partial charge on any atom is 0.123 e. The number of fused-ring (bicyclic) bond motifs is 1. The Bertz CT molecular complexity index is 1380. The van der Waals surface area contributed by atoms with Crippen LogP contribution in [0.25, 0.3) is 0 Å². The van der Waals surface area contributed by atoms with Gasteiger partial charge in [-0.2, -0.15) is 0 Å². The summed E-state index contributed by atoms with van der Waals surface area (Å²) in [5, 5.41) is 61.9. The molecular formula is C29H26O7. The van der Waals surface area contributed by atoms with E-state index >= 15 is 0 Å². The smallest absolute Gasteiger partial charge is 0.123 e. The van der Waals surface area contributed by atoms with Crippen molar-refractivity contribution in [3.05, 3.63) is 107 Å². The van der Waals surface area contributed by atoms with E-state index in [-0.39, 0.29) is 34.5 Å². The van der Waals surface area contributed by atoms with Gasteiger partial charge in [-0.05, 0) is 64.7 Å². The molecule has 0 radical (unpaired) electrons. The van der Waals surface area contributed by atoms with Crippen molar-refractivity contribution in [3.63, 3.8) is 0 Å². The lowest BCUT2D eigenvalue weighted by atomic mass is 9.75. The lowest BCUT2D eigenvalue weighted by Crippen LogP contribution is -2.19. The monoisotopic (exact) mass is 486 g/mol. The molecule has 0 spiro atoms. The van der Waals surface area contributed by atoms with Gasteiger partial charge in [-0.15, -0.1) is 0 Å². The van der Waals surface area contributed by atoms with Crippen LogP contribution in [0.4, 0.5) is 0 Å². The topological polar surface area (TPSA) is 131 Å². The first kappa shape index (κ1) is 23.4. The van der Waals surface area contributed by atoms with E-state index in [1.807, 2.05) is 0 Å². The molecule has 5 rings (SSSR count). The van der Waals surface area contributed by atoms with Crippen LogP contribution in [0.5, 0.6) is 34.5 Å². The molecule has 0 saturated heterocycles. The lowest BCUT2D eigenvalue weighted by Gasteiger charge is -2.32. The zero-order chi connectivity index (χ0) is 25.6. The summed E-state index contributed by atoms with van der Waals surface area (Å²) in [6.45, 7) is 0. The number of ether oxygens (including phenoxy) is 1. The minimum absolute atomic E-state index is 0.0969. The standard InChI is InChI=1S/C29H26O7/c1-36-29(16-4-8-19(31)9-5-16)28-23-13-22(34)14-24(35)27(23)26(17-10-20(32)12-21(33)11-17)25(28)15-2-6-18(30)7-3-15/h2-14,25-26,28-35H,1H3/t25-,26-,28-,29-/m1/s1. The molecule has 4 aromatic rings. The van der Waals surface area contributed by atoms with Crippen molar-refractivity contribution in [1.29, 1.82) is 0 Å². The Labute approximate surface area is 207 Å². The molecule has 4 atom stereocenters. The summed E-state index contributed by atoms with van der Waals surface area (Å²) >= 11 is 0. The van der Waals surface area contributed by atoms with Gasteiger partial charge in [0.2, 0.25) is 0 Å². The van der Waals surface area contributed by atoms with Crippen molar-refractivity contribution in [2.45, 2.75) is 23.9 Å². The van der Waals surface area contributed by atoms with Crippen molar-refractivity contribution < 1.29 is 35.4 Å². The molecule has 0 bridgehead atoms. The quantitative estimate of drug-likeness (QED) is 0.225. The summed E-state index contributed by atoms with van der Waals surface area (Å²) in [4.78, 5) is 0. The average molecular weight is 487 g/mol. The van der Waals surface area contributed by atoms with Crippen LogP contribution in [-0.2, 0) is 4.74 Å². The van der Waals surface area contributed by atoms with Gasteiger partial charge in [0.1, 0.15) is 34.5 Å². The van der Waals surface area contributed by atoms with Crippen LogP contribution >= 0.6 is 0 Å². The Morgan fingerprint density at radius 1 is 0.611 bits per heavy atom. The Kier molecular flexibility index (Phi) is 5.86. The predicted octanol–water partition coefficient (Wildman–Crippen LogP) is 5.32. The molecular weight excluding hydrogens is 460 g/mol. The van der Waals surface area contributed by atoms with Gasteiger partial charge in [-0.25, -0.2) is 0 Å². The van der Waals surface area contributed by atoms with Crippen LogP contribution in [0.15, 0.2) is 78.9 Å². The van der Waals surface area contributed by atoms with Gasteiger partial charge in [0, 0.05) is 42.6 Å². The van der Waals surface area contributed by atoms with Gasteiger partial charge in [-0.3, -0.25) is 0 Å². The largest absolute Gasteiger partial charge is 0.508 e. The molecule has 36 heavy (non-hydrogen) atoms. The predicted molar refractivity (Wildman–Crippen MR) is 133 cm³/mol. The third-order valence-electron chi connectivity index (χ3n) is 6.95. The van der Waals surface area contributed by atoms with Gasteiger partial charge < -0.3 is 35.4 Å². The normalized spacial score (nSPS) is 19.6. The summed E-state index contributed by atoms with van der Waals surface area (Å²) in [6.07, 6.45) is -0.555. The second-order valence-electron chi connectivity index (χ2n) is 9.12. The fourth-order valence-corrected chi connectivity index (χ4v) is 5.61. The molecule has 7 nitrogen and oxygen atoms in total. The highest BCUT2D eigenvalue weighted by molar-refractivity contribution is 5.61. The molecule has 6 N–H and O–H groups in total. The maximum atomic E-state index is 11.1. The van der Waals surface area contributed by atoms with Crippen molar-refractivity contribution in [2.75, 3.05) is 7.11 Å². The Balaban J connectivity index is 1.80. The molecule has 0 unspecified atom stereocenters. The highest BCUT2D eigenvalue weighted by Crippen LogP contribution is 2.62. The first-order valence-corrected chi connectivity index (χ1v) is 11.5. The zero-order valence-corrected chi connectivity index (χ0v) is 19.4. The molecule has 0 amide bonds. The fraction of sp³-hybridized carbons (Fsp3) is 0.172. The third kappa shape index (κ3) is 4.03. The van der Waals surface area contributed by atoms with Crippen molar-refractivity contribution in [3.8, 4) is 34.5 Å². The van der Waals surface area contributed by atoms with Crippen molar-refractivity contribution >= 4 is 0 Å². The maximum absolute atomic E-state index is 11.1. The number of hydrogen-bond donors (Lipinski definition) is 6. The molecule has 4 aromatic carbocycles. The molecule has 1 aliphatic rings. The summed E-state index contributed by atoms with van der Waals surface area (Å²) in [7, 11) is 1.57. The molecule has 7 heteroatoms. The second kappa shape index (κ2) is 9.02. The highest BCUT2D eigenvalue weighted by atomic mass is 16.5. The van der Waals surface area contributed by atoms with Crippen molar-refractivity contribution in [1.82, 2.24) is 0 Å². The van der Waals surface area contributed by atoms with E-state index in [2.05, 4.69) is 0 Å². The van der Waals surface area contributed by atoms with Crippen LogP contribution in [-0.4, -0.2) is 37.7 Å². The molecule has 0 aromatic heterocycles. The van der Waals surface area contributed by atoms with Crippen LogP contribution < -0.4 is 0 Å². The number of methoxy groups -OCH3 is 1. The number of phenols is 6. The van der Waals surface area contributed by atoms with Gasteiger partial charge >= 0.3 is 0 Å². The van der Waals surface area contributed by atoms with Gasteiger partial charge in [-0.1, -0.05) is 24.3 Å². The molecule has 184 valence electrons. The number of aromatic hydroxyl groups is 6. The summed E-state index contributed by atoms with van der Waals surface area (Å²) < 4.78 is 6.01. The van der Waals surface area contributed by atoms with E-state index < -0.39 is 23.9 Å². The van der Waals surface area contributed by atoms with E-state index in [4.69, 9.17) is 4.74 Å². The summed E-state index contributed by atoms with van der Waals surface area (Å²) in [5.74, 6) is -1.65. The second-order valence-corrected chi connectivity index (χ2v) is 9.12. The third-order valence-corrected chi connectivity index (χ3v) is 6.95. The van der Waals surface area contributed by atoms with E-state index in [0.717, 1.165) is 11.1 Å². The minimum atomic E-state index is -0.555. The molecule has 0 saturated carbocycles. The number of hydrogen-bond acceptors (Lipinski definition) is 7. The van der Waals surface area contributed by atoms with Crippen LogP contribution in [0.1, 0.15) is 51.7 Å². The molecule has 0 fully saturated rings. The number of rotatable bonds is 5. The van der Waals surface area contributed by atoms with E-state index in [0.29, 0.717) is 16.7 Å². The van der Waals surface area contributed by atoms with E-state index in [1.54, 1.807) is 73.8 Å². The van der Waals surface area contributed by atoms with Gasteiger partial charge in [0.25, 0.3) is 0 Å². The number of benzene rings is 4. The van der Waals surface area contributed by atoms with Gasteiger partial charge in [0.05, 0.1) is 6.10 Å². The van der Waals surface area contributed by atoms with Gasteiger partial charge in [0.15, 0.2) is 0 Å². The lowest BCUT2D eigenvalue weighted by molar-refractivity contribution is 0.0718. The fourth-order valence-electron chi connectivity index (χ4n) is 5.61. The minimum Gasteiger partial charge on any atom is -0.508 e. The van der Waals surface area contributed by atoms with Crippen LogP contribution in [0.2, 0.25) is 0 Å². The first-order chi connectivity index (χ1) is 17.3. The Morgan fingerprint density at radius 2 is 1.17 bits per heavy atom. The summed E-state index contributed by atoms with van der Waals surface area (Å²) in [6, 6.07) is 20.6. The molecule has 0 heterocycles. The van der Waals surface area contributed by atoms with E-state index in [1.165, 1.54) is 12.1 Å². The summed E-state index contributed by atoms with van der Waals surface area (Å²) in [5.41, 5.74) is 3.36. The molecule has 1 aliphatic carbocycles. The van der Waals surface area contributed by atoms with Crippen LogP contribution in [0.3, 0.4) is 0 Å². The Morgan fingerprint density at radius 3 is 1.75 bits per heavy atom. The SMILES string of the molecule is CO[C@H](c1ccc(O)cc1)[C@@H]1c2cc(O)cc(O)c2[C@H](c2cc(O)cc(O)c2)[C@H]1c1ccc(O)cc1. The van der Waals surface area contributed by atoms with E-state index in [9.17, 15) is 30.6 Å². The average Bonchev–Trinajstić information content (AvgIpc) is 3.16. The zero-order valence-electron chi connectivity index (χ0n) is 19.4. The Hall–Kier alpha value is -4.36. The van der Waals surface area contributed by atoms with Crippen molar-refractivity contribution in [2.24, 2.45) is 0 Å². The van der Waals surface area contributed by atoms with Crippen LogP contribution in [0, 0.1) is 0 Å². The first-order valence-electron chi connectivity index (χ1n) is 11.5. The number of phenolic OH excluding ortho intramolecular Hbond substituents is 6. The highest BCUT2D eigenvalue weighted by Gasteiger charge is 2.48.